The molecule has 2 amide bonds. The SMILES string of the molecule is CC1(C)CC(=O)/C(=C(\O)CCCN2C(=O)c3ccccc3C2=O)C(=NCCO)C1. The molecule has 2 N–H and O–H groups in total. The number of ketones is 1. The first-order chi connectivity index (χ1) is 13.7. The molecule has 0 spiro atoms. The van der Waals surface area contributed by atoms with E-state index in [1.807, 2.05) is 13.8 Å². The van der Waals surface area contributed by atoms with Gasteiger partial charge in [0.1, 0.15) is 5.76 Å². The number of aliphatic hydroxyl groups excluding tert-OH is 2. The third-order valence-electron chi connectivity index (χ3n) is 5.22. The number of amides is 2. The Morgan fingerprint density at radius 3 is 2.31 bits per heavy atom. The molecule has 1 aliphatic heterocycles. The summed E-state index contributed by atoms with van der Waals surface area (Å²) in [5, 5.41) is 19.7. The quantitative estimate of drug-likeness (QED) is 0.435. The zero-order chi connectivity index (χ0) is 21.2. The highest BCUT2D eigenvalue weighted by Crippen LogP contribution is 2.36. The van der Waals surface area contributed by atoms with E-state index in [-0.39, 0.29) is 60.5 Å². The largest absolute Gasteiger partial charge is 0.511 e. The molecule has 1 aliphatic carbocycles. The van der Waals surface area contributed by atoms with Crippen LogP contribution < -0.4 is 0 Å². The molecule has 7 heteroatoms. The van der Waals surface area contributed by atoms with Crippen LogP contribution in [0.15, 0.2) is 40.6 Å². The highest BCUT2D eigenvalue weighted by molar-refractivity contribution is 6.24. The fraction of sp³-hybridized carbons (Fsp3) is 0.455. The molecular weight excluding hydrogens is 372 g/mol. The lowest BCUT2D eigenvalue weighted by Gasteiger charge is -2.31. The van der Waals surface area contributed by atoms with Gasteiger partial charge in [-0.1, -0.05) is 26.0 Å². The van der Waals surface area contributed by atoms with Gasteiger partial charge in [-0.25, -0.2) is 0 Å². The van der Waals surface area contributed by atoms with Crippen LogP contribution in [0.1, 0.15) is 60.2 Å². The van der Waals surface area contributed by atoms with Crippen LogP contribution >= 0.6 is 0 Å². The number of rotatable bonds is 6. The second-order valence-corrected chi connectivity index (χ2v) is 8.23. The average Bonchev–Trinajstić information content (AvgIpc) is 2.90. The average molecular weight is 398 g/mol. The zero-order valence-corrected chi connectivity index (χ0v) is 16.8. The molecule has 0 aromatic heterocycles. The summed E-state index contributed by atoms with van der Waals surface area (Å²) in [6, 6.07) is 6.68. The Morgan fingerprint density at radius 1 is 1.10 bits per heavy atom. The van der Waals surface area contributed by atoms with Gasteiger partial charge in [0, 0.05) is 25.1 Å². The Morgan fingerprint density at radius 2 is 1.72 bits per heavy atom. The molecule has 2 aliphatic rings. The van der Waals surface area contributed by atoms with E-state index in [1.54, 1.807) is 24.3 Å². The van der Waals surface area contributed by atoms with Gasteiger partial charge in [-0.3, -0.25) is 24.3 Å². The van der Waals surface area contributed by atoms with E-state index in [0.717, 1.165) is 0 Å². The minimum atomic E-state index is -0.335. The predicted molar refractivity (Wildman–Crippen MR) is 108 cm³/mol. The summed E-state index contributed by atoms with van der Waals surface area (Å²) in [5.41, 5.74) is 1.26. The molecular formula is C22H26N2O5. The third-order valence-corrected chi connectivity index (χ3v) is 5.22. The fourth-order valence-electron chi connectivity index (χ4n) is 3.91. The van der Waals surface area contributed by atoms with Crippen molar-refractivity contribution in [3.8, 4) is 0 Å². The lowest BCUT2D eigenvalue weighted by Crippen LogP contribution is -2.33. The van der Waals surface area contributed by atoms with Crippen molar-refractivity contribution in [2.24, 2.45) is 10.4 Å². The van der Waals surface area contributed by atoms with Crippen LogP contribution in [-0.2, 0) is 4.79 Å². The Bertz CT molecular complexity index is 879. The molecule has 1 fully saturated rings. The van der Waals surface area contributed by atoms with E-state index in [9.17, 15) is 19.5 Å². The van der Waals surface area contributed by atoms with Crippen LogP contribution in [0, 0.1) is 5.41 Å². The number of aliphatic imine (C=N–C) groups is 1. The second kappa shape index (κ2) is 8.29. The van der Waals surface area contributed by atoms with Crippen LogP contribution in [-0.4, -0.2) is 58.1 Å². The van der Waals surface area contributed by atoms with Crippen LogP contribution in [0.4, 0.5) is 0 Å². The molecule has 1 aromatic rings. The maximum absolute atomic E-state index is 12.6. The van der Waals surface area contributed by atoms with Gasteiger partial charge in [0.25, 0.3) is 11.8 Å². The number of carbonyl (C=O) groups is 3. The Kier molecular flexibility index (Phi) is 5.98. The summed E-state index contributed by atoms with van der Waals surface area (Å²) in [7, 11) is 0. The minimum Gasteiger partial charge on any atom is -0.511 e. The van der Waals surface area contributed by atoms with Crippen LogP contribution in [0.3, 0.4) is 0 Å². The van der Waals surface area contributed by atoms with Crippen molar-refractivity contribution >= 4 is 23.3 Å². The molecule has 1 aromatic carbocycles. The summed E-state index contributed by atoms with van der Waals surface area (Å²) in [4.78, 5) is 42.9. The molecule has 1 saturated carbocycles. The highest BCUT2D eigenvalue weighted by Gasteiger charge is 2.37. The minimum absolute atomic E-state index is 0.0706. The first kappa shape index (κ1) is 20.9. The summed E-state index contributed by atoms with van der Waals surface area (Å²) in [5.74, 6) is -0.910. The van der Waals surface area contributed by atoms with Gasteiger partial charge in [-0.2, -0.15) is 0 Å². The molecule has 154 valence electrons. The van der Waals surface area contributed by atoms with Crippen LogP contribution in [0.5, 0.6) is 0 Å². The monoisotopic (exact) mass is 398 g/mol. The first-order valence-electron chi connectivity index (χ1n) is 9.80. The van der Waals surface area contributed by atoms with Crippen molar-refractivity contribution in [2.45, 2.75) is 39.5 Å². The number of aliphatic hydroxyl groups is 2. The molecule has 3 rings (SSSR count). The van der Waals surface area contributed by atoms with Crippen molar-refractivity contribution < 1.29 is 24.6 Å². The number of Topliss-reactive ketones (excluding diaryl/α,β-unsaturated/α-hetero) is 1. The van der Waals surface area contributed by atoms with Crippen molar-refractivity contribution in [3.63, 3.8) is 0 Å². The van der Waals surface area contributed by atoms with Gasteiger partial charge in [0.15, 0.2) is 5.78 Å². The normalized spacial score (nSPS) is 21.7. The maximum atomic E-state index is 12.6. The zero-order valence-electron chi connectivity index (χ0n) is 16.8. The van der Waals surface area contributed by atoms with Crippen molar-refractivity contribution in [3.05, 3.63) is 46.7 Å². The lowest BCUT2D eigenvalue weighted by molar-refractivity contribution is -0.117. The van der Waals surface area contributed by atoms with Gasteiger partial charge in [0.05, 0.1) is 29.9 Å². The molecule has 1 heterocycles. The lowest BCUT2D eigenvalue weighted by atomic mass is 9.73. The number of hydrogen-bond acceptors (Lipinski definition) is 6. The summed E-state index contributed by atoms with van der Waals surface area (Å²) in [6.45, 7) is 4.13. The van der Waals surface area contributed by atoms with Crippen molar-refractivity contribution in [2.75, 3.05) is 19.7 Å². The molecule has 29 heavy (non-hydrogen) atoms. The predicted octanol–water partition coefficient (Wildman–Crippen LogP) is 2.70. The van der Waals surface area contributed by atoms with E-state index in [1.165, 1.54) is 4.90 Å². The summed E-state index contributed by atoms with van der Waals surface area (Å²) in [6.07, 6.45) is 1.34. The standard InChI is InChI=1S/C22H26N2O5/c1-22(2)12-16(23-9-11-25)19(18(27)13-22)17(26)8-5-10-24-20(28)14-6-3-4-7-15(14)21(24)29/h3-4,6-7,25-26H,5,8-13H2,1-2H3/b19-17-,23-16?. The van der Waals surface area contributed by atoms with Gasteiger partial charge in [0.2, 0.25) is 0 Å². The number of benzene rings is 1. The van der Waals surface area contributed by atoms with Crippen molar-refractivity contribution in [1.29, 1.82) is 0 Å². The topological polar surface area (TPSA) is 107 Å². The van der Waals surface area contributed by atoms with Crippen LogP contribution in [0.2, 0.25) is 0 Å². The number of allylic oxidation sites excluding steroid dienone is 2. The van der Waals surface area contributed by atoms with Gasteiger partial charge in [-0.15, -0.1) is 0 Å². The second-order valence-electron chi connectivity index (χ2n) is 8.23. The molecule has 0 bridgehead atoms. The van der Waals surface area contributed by atoms with Crippen LogP contribution in [0.25, 0.3) is 0 Å². The number of imide groups is 1. The summed E-state index contributed by atoms with van der Waals surface area (Å²) < 4.78 is 0. The van der Waals surface area contributed by atoms with E-state index < -0.39 is 0 Å². The van der Waals surface area contributed by atoms with E-state index >= 15 is 0 Å². The number of hydrogen-bond donors (Lipinski definition) is 2. The summed E-state index contributed by atoms with van der Waals surface area (Å²) >= 11 is 0. The molecule has 0 atom stereocenters. The third kappa shape index (κ3) is 4.29. The molecule has 0 saturated heterocycles. The Balaban J connectivity index is 1.71. The number of carbonyl (C=O) groups excluding carboxylic acids is 3. The van der Waals surface area contributed by atoms with Gasteiger partial charge < -0.3 is 10.2 Å². The van der Waals surface area contributed by atoms with Gasteiger partial charge >= 0.3 is 0 Å². The highest BCUT2D eigenvalue weighted by atomic mass is 16.3. The van der Waals surface area contributed by atoms with E-state index in [0.29, 0.717) is 36.1 Å². The van der Waals surface area contributed by atoms with E-state index in [4.69, 9.17) is 5.11 Å². The Hall–Kier alpha value is -2.80. The number of fused-ring (bicyclic) bond motifs is 1. The first-order valence-corrected chi connectivity index (χ1v) is 9.80. The Labute approximate surface area is 169 Å². The molecule has 0 radical (unpaired) electrons. The van der Waals surface area contributed by atoms with Crippen molar-refractivity contribution in [1.82, 2.24) is 4.90 Å². The smallest absolute Gasteiger partial charge is 0.261 e. The maximum Gasteiger partial charge on any atom is 0.261 e. The van der Waals surface area contributed by atoms with E-state index in [2.05, 4.69) is 4.99 Å². The molecule has 0 unspecified atom stereocenters. The molecule has 7 nitrogen and oxygen atoms in total. The van der Waals surface area contributed by atoms with Gasteiger partial charge in [-0.05, 0) is 30.4 Å². The number of nitrogens with zero attached hydrogens (tertiary/aromatic N) is 2. The fourth-order valence-corrected chi connectivity index (χ4v) is 3.91.